The molecule has 1 N–H and O–H groups in total. The van der Waals surface area contributed by atoms with Gasteiger partial charge in [0.2, 0.25) is 11.6 Å². The zero-order valence-electron chi connectivity index (χ0n) is 16.6. The molecule has 1 atom stereocenters. The molecule has 1 aromatic carbocycles. The molecular formula is C21H25N3O5. The molecule has 1 aromatic rings. The van der Waals surface area contributed by atoms with E-state index in [1.807, 2.05) is 13.8 Å². The van der Waals surface area contributed by atoms with E-state index in [4.69, 9.17) is 4.74 Å². The molecule has 8 nitrogen and oxygen atoms in total. The Bertz CT molecular complexity index is 879. The van der Waals surface area contributed by atoms with Crippen molar-refractivity contribution in [2.24, 2.45) is 5.92 Å². The first-order chi connectivity index (χ1) is 13.9. The number of ether oxygens (including phenoxy) is 1. The smallest absolute Gasteiger partial charge is 0.354 e. The number of rotatable bonds is 6. The number of para-hydroxylation sites is 1. The van der Waals surface area contributed by atoms with E-state index in [1.165, 1.54) is 9.80 Å². The number of esters is 1. The Morgan fingerprint density at radius 2 is 1.97 bits per heavy atom. The molecule has 3 aliphatic rings. The number of anilines is 1. The Balaban J connectivity index is 1.65. The lowest BCUT2D eigenvalue weighted by atomic mass is 9.96. The number of carbonyl (C=O) groups is 4. The largest absolute Gasteiger partial charge is 0.452 e. The van der Waals surface area contributed by atoms with Crippen molar-refractivity contribution in [1.29, 1.82) is 0 Å². The van der Waals surface area contributed by atoms with Crippen LogP contribution < -0.4 is 10.2 Å². The highest BCUT2D eigenvalue weighted by Crippen LogP contribution is 2.49. The maximum atomic E-state index is 13.3. The van der Waals surface area contributed by atoms with Gasteiger partial charge in [-0.3, -0.25) is 19.3 Å². The highest BCUT2D eigenvalue weighted by molar-refractivity contribution is 6.15. The van der Waals surface area contributed by atoms with Crippen molar-refractivity contribution < 1.29 is 23.9 Å². The average molecular weight is 399 g/mol. The van der Waals surface area contributed by atoms with Gasteiger partial charge in [-0.05, 0) is 30.9 Å². The van der Waals surface area contributed by atoms with E-state index in [0.29, 0.717) is 17.8 Å². The number of carbonyl (C=O) groups excluding carboxylic acids is 4. The molecule has 0 bridgehead atoms. The van der Waals surface area contributed by atoms with E-state index < -0.39 is 24.1 Å². The summed E-state index contributed by atoms with van der Waals surface area (Å²) in [6.45, 7) is 3.97. The molecule has 29 heavy (non-hydrogen) atoms. The summed E-state index contributed by atoms with van der Waals surface area (Å²) in [5, 5.41) is 2.70. The van der Waals surface area contributed by atoms with Crippen LogP contribution >= 0.6 is 0 Å². The molecule has 0 unspecified atom stereocenters. The number of benzene rings is 1. The minimum atomic E-state index is -1.51. The van der Waals surface area contributed by atoms with Gasteiger partial charge in [-0.1, -0.05) is 26.0 Å². The number of amides is 3. The normalized spacial score (nSPS) is 23.1. The number of fused-ring (bicyclic) bond motifs is 3. The second-order valence-corrected chi connectivity index (χ2v) is 8.24. The molecule has 1 saturated heterocycles. The van der Waals surface area contributed by atoms with Gasteiger partial charge in [-0.15, -0.1) is 0 Å². The summed E-state index contributed by atoms with van der Waals surface area (Å²) >= 11 is 0. The summed E-state index contributed by atoms with van der Waals surface area (Å²) in [6.07, 6.45) is 1.86. The average Bonchev–Trinajstić information content (AvgIpc) is 3.47. The molecule has 4 rings (SSSR count). The van der Waals surface area contributed by atoms with Crippen molar-refractivity contribution >= 4 is 29.4 Å². The van der Waals surface area contributed by atoms with Crippen LogP contribution in [0.3, 0.4) is 0 Å². The van der Waals surface area contributed by atoms with E-state index in [0.717, 1.165) is 12.8 Å². The zero-order chi connectivity index (χ0) is 20.8. The topological polar surface area (TPSA) is 96.0 Å². The Kier molecular flexibility index (Phi) is 4.80. The van der Waals surface area contributed by atoms with Gasteiger partial charge in [-0.25, -0.2) is 4.79 Å². The van der Waals surface area contributed by atoms with Gasteiger partial charge in [-0.2, -0.15) is 0 Å². The standard InChI is InChI=1S/C21H25N3O5/c1-13(2)11-22-17(25)12-29-20(28)21-10-9-18(26)24(21)16-6-4-3-5-15(16)19(27)23(21)14-7-8-14/h3-6,13-14H,7-12H2,1-2H3,(H,22,25)/t21-/m0/s1. The quantitative estimate of drug-likeness (QED) is 0.731. The molecule has 1 saturated carbocycles. The van der Waals surface area contributed by atoms with Crippen molar-refractivity contribution in [2.45, 2.75) is 51.2 Å². The SMILES string of the molecule is CC(C)CNC(=O)COC(=O)[C@]12CCC(=O)N1c1ccccc1C(=O)N2C1CC1. The van der Waals surface area contributed by atoms with Gasteiger partial charge < -0.3 is 15.0 Å². The zero-order valence-corrected chi connectivity index (χ0v) is 16.6. The lowest BCUT2D eigenvalue weighted by molar-refractivity contribution is -0.160. The van der Waals surface area contributed by atoms with Gasteiger partial charge in [0, 0.05) is 25.4 Å². The first kappa shape index (κ1) is 19.4. The van der Waals surface area contributed by atoms with Crippen LogP contribution in [0.1, 0.15) is 49.9 Å². The molecule has 1 aliphatic carbocycles. The summed E-state index contributed by atoms with van der Waals surface area (Å²) in [4.78, 5) is 54.3. The molecule has 3 amide bonds. The molecule has 2 heterocycles. The maximum absolute atomic E-state index is 13.3. The van der Waals surface area contributed by atoms with E-state index in [-0.39, 0.29) is 36.6 Å². The monoisotopic (exact) mass is 399 g/mol. The third-order valence-corrected chi connectivity index (χ3v) is 5.58. The Labute approximate surface area is 169 Å². The van der Waals surface area contributed by atoms with Gasteiger partial charge in [0.05, 0.1) is 11.3 Å². The predicted molar refractivity (Wildman–Crippen MR) is 104 cm³/mol. The molecule has 0 radical (unpaired) electrons. The second-order valence-electron chi connectivity index (χ2n) is 8.24. The van der Waals surface area contributed by atoms with Crippen LogP contribution in [0.4, 0.5) is 5.69 Å². The summed E-state index contributed by atoms with van der Waals surface area (Å²) < 4.78 is 5.36. The Morgan fingerprint density at radius 1 is 1.24 bits per heavy atom. The summed E-state index contributed by atoms with van der Waals surface area (Å²) in [6, 6.07) is 6.73. The lowest BCUT2D eigenvalue weighted by Gasteiger charge is -2.48. The molecule has 2 fully saturated rings. The fourth-order valence-corrected chi connectivity index (χ4v) is 4.13. The van der Waals surface area contributed by atoms with Gasteiger partial charge in [0.25, 0.3) is 11.8 Å². The highest BCUT2D eigenvalue weighted by Gasteiger charge is 2.64. The fourth-order valence-electron chi connectivity index (χ4n) is 4.13. The van der Waals surface area contributed by atoms with Crippen molar-refractivity contribution in [3.8, 4) is 0 Å². The van der Waals surface area contributed by atoms with Gasteiger partial charge >= 0.3 is 5.97 Å². The summed E-state index contributed by atoms with van der Waals surface area (Å²) in [7, 11) is 0. The second kappa shape index (κ2) is 7.17. The predicted octanol–water partition coefficient (Wildman–Crippen LogP) is 1.44. The van der Waals surface area contributed by atoms with E-state index in [9.17, 15) is 19.2 Å². The first-order valence-corrected chi connectivity index (χ1v) is 10.1. The van der Waals surface area contributed by atoms with E-state index >= 15 is 0 Å². The van der Waals surface area contributed by atoms with Crippen LogP contribution in [0.25, 0.3) is 0 Å². The van der Waals surface area contributed by atoms with E-state index in [2.05, 4.69) is 5.32 Å². The summed E-state index contributed by atoms with van der Waals surface area (Å²) in [5.41, 5.74) is -0.673. The molecule has 2 aliphatic heterocycles. The number of hydrogen-bond acceptors (Lipinski definition) is 5. The van der Waals surface area contributed by atoms with Crippen LogP contribution in [0.5, 0.6) is 0 Å². The van der Waals surface area contributed by atoms with Crippen LogP contribution in [0.15, 0.2) is 24.3 Å². The maximum Gasteiger partial charge on any atom is 0.354 e. The minimum Gasteiger partial charge on any atom is -0.452 e. The van der Waals surface area contributed by atoms with Crippen LogP contribution in [-0.2, 0) is 19.1 Å². The third kappa shape index (κ3) is 3.16. The fraction of sp³-hybridized carbons (Fsp3) is 0.524. The number of nitrogens with zero attached hydrogens (tertiary/aromatic N) is 2. The van der Waals surface area contributed by atoms with Crippen molar-refractivity contribution in [1.82, 2.24) is 10.2 Å². The van der Waals surface area contributed by atoms with E-state index in [1.54, 1.807) is 24.3 Å². The highest BCUT2D eigenvalue weighted by atomic mass is 16.5. The number of hydrogen-bond donors (Lipinski definition) is 1. The van der Waals surface area contributed by atoms with Crippen LogP contribution in [0, 0.1) is 5.92 Å². The van der Waals surface area contributed by atoms with Crippen molar-refractivity contribution in [3.63, 3.8) is 0 Å². The summed E-state index contributed by atoms with van der Waals surface area (Å²) in [5.74, 6) is -1.35. The van der Waals surface area contributed by atoms with Crippen LogP contribution in [-0.4, -0.2) is 53.4 Å². The lowest BCUT2D eigenvalue weighted by Crippen LogP contribution is -2.69. The Hall–Kier alpha value is -2.90. The molecule has 154 valence electrons. The van der Waals surface area contributed by atoms with Gasteiger partial charge in [0.1, 0.15) is 0 Å². The Morgan fingerprint density at radius 3 is 2.66 bits per heavy atom. The third-order valence-electron chi connectivity index (χ3n) is 5.58. The van der Waals surface area contributed by atoms with Crippen molar-refractivity contribution in [2.75, 3.05) is 18.1 Å². The molecular weight excluding hydrogens is 374 g/mol. The molecule has 8 heteroatoms. The minimum absolute atomic E-state index is 0.105. The van der Waals surface area contributed by atoms with Crippen LogP contribution in [0.2, 0.25) is 0 Å². The van der Waals surface area contributed by atoms with Crippen molar-refractivity contribution in [3.05, 3.63) is 29.8 Å². The van der Waals surface area contributed by atoms with Gasteiger partial charge in [0.15, 0.2) is 6.61 Å². The molecule has 0 spiro atoms. The first-order valence-electron chi connectivity index (χ1n) is 10.1. The molecule has 0 aromatic heterocycles. The number of nitrogens with one attached hydrogen (secondary N) is 1.